The van der Waals surface area contributed by atoms with Gasteiger partial charge in [-0.1, -0.05) is 32.0 Å². The lowest BCUT2D eigenvalue weighted by Crippen LogP contribution is -2.45. The molecule has 1 N–H and O–H groups in total. The number of carbonyl (C=O) groups is 2. The number of anilines is 1. The molecule has 6 heteroatoms. The number of rotatable bonds is 7. The number of likely N-dealkylation sites (N-methyl/N-ethyl adjacent to an activating group) is 1. The van der Waals surface area contributed by atoms with Crippen molar-refractivity contribution in [3.63, 3.8) is 0 Å². The van der Waals surface area contributed by atoms with E-state index in [9.17, 15) is 9.59 Å². The second-order valence-corrected chi connectivity index (χ2v) is 8.29. The predicted molar refractivity (Wildman–Crippen MR) is 115 cm³/mol. The van der Waals surface area contributed by atoms with Gasteiger partial charge in [-0.25, -0.2) is 0 Å². The summed E-state index contributed by atoms with van der Waals surface area (Å²) in [4.78, 5) is 30.5. The van der Waals surface area contributed by atoms with Gasteiger partial charge in [-0.3, -0.25) is 14.5 Å². The van der Waals surface area contributed by atoms with Crippen LogP contribution in [0.25, 0.3) is 0 Å². The zero-order chi connectivity index (χ0) is 20.1. The van der Waals surface area contributed by atoms with Crippen molar-refractivity contribution in [3.05, 3.63) is 51.7 Å². The second-order valence-electron chi connectivity index (χ2n) is 7.29. The van der Waals surface area contributed by atoms with Gasteiger partial charge in [-0.15, -0.1) is 11.3 Å². The van der Waals surface area contributed by atoms with E-state index in [1.807, 2.05) is 36.2 Å². The summed E-state index contributed by atoms with van der Waals surface area (Å²) in [5.41, 5.74) is 3.26. The van der Waals surface area contributed by atoms with Crippen molar-refractivity contribution >= 4 is 28.8 Å². The van der Waals surface area contributed by atoms with Gasteiger partial charge in [0.05, 0.1) is 19.1 Å². The summed E-state index contributed by atoms with van der Waals surface area (Å²) in [6, 6.07) is 10.1. The van der Waals surface area contributed by atoms with E-state index < -0.39 is 0 Å². The smallest absolute Gasteiger partial charge is 0.238 e. The van der Waals surface area contributed by atoms with Crippen LogP contribution in [0.3, 0.4) is 0 Å². The average molecular weight is 400 g/mol. The van der Waals surface area contributed by atoms with Crippen LogP contribution >= 0.6 is 11.3 Å². The van der Waals surface area contributed by atoms with Crippen LogP contribution in [-0.2, 0) is 22.4 Å². The lowest BCUT2D eigenvalue weighted by atomic mass is 9.98. The molecule has 3 rings (SSSR count). The van der Waals surface area contributed by atoms with Crippen molar-refractivity contribution in [2.75, 3.05) is 32.0 Å². The molecular weight excluding hydrogens is 370 g/mol. The molecule has 0 saturated heterocycles. The molecule has 0 fully saturated rings. The van der Waals surface area contributed by atoms with Crippen LogP contribution in [0.2, 0.25) is 0 Å². The van der Waals surface area contributed by atoms with E-state index in [-0.39, 0.29) is 30.9 Å². The molecule has 0 saturated carbocycles. The Morgan fingerprint density at radius 3 is 2.75 bits per heavy atom. The van der Waals surface area contributed by atoms with Crippen LogP contribution in [0.1, 0.15) is 42.3 Å². The molecular formula is C22H29N3O2S. The van der Waals surface area contributed by atoms with E-state index >= 15 is 0 Å². The first-order valence-corrected chi connectivity index (χ1v) is 10.8. The third kappa shape index (κ3) is 4.62. The summed E-state index contributed by atoms with van der Waals surface area (Å²) in [5, 5.41) is 5.09. The minimum Gasteiger partial charge on any atom is -0.334 e. The first-order valence-electron chi connectivity index (χ1n) is 9.95. The molecule has 5 nitrogen and oxygen atoms in total. The van der Waals surface area contributed by atoms with Crippen molar-refractivity contribution in [3.8, 4) is 0 Å². The minimum absolute atomic E-state index is 0.0907. The van der Waals surface area contributed by atoms with Gasteiger partial charge in [-0.05, 0) is 54.9 Å². The Hall–Kier alpha value is -2.18. The Kier molecular flexibility index (Phi) is 6.86. The Morgan fingerprint density at radius 2 is 2.00 bits per heavy atom. The van der Waals surface area contributed by atoms with Crippen LogP contribution in [0.15, 0.2) is 35.7 Å². The zero-order valence-electron chi connectivity index (χ0n) is 16.9. The number of carbonyl (C=O) groups excluding carboxylic acids is 2. The van der Waals surface area contributed by atoms with Gasteiger partial charge in [0.25, 0.3) is 0 Å². The van der Waals surface area contributed by atoms with Crippen LogP contribution in [0, 0.1) is 0 Å². The lowest BCUT2D eigenvalue weighted by molar-refractivity contribution is -0.135. The highest BCUT2D eigenvalue weighted by molar-refractivity contribution is 7.10. The third-order valence-corrected chi connectivity index (χ3v) is 6.29. The predicted octanol–water partition coefficient (Wildman–Crippen LogP) is 3.72. The fourth-order valence-electron chi connectivity index (χ4n) is 3.90. The van der Waals surface area contributed by atoms with Gasteiger partial charge in [-0.2, -0.15) is 0 Å². The van der Waals surface area contributed by atoms with E-state index in [4.69, 9.17) is 0 Å². The van der Waals surface area contributed by atoms with Gasteiger partial charge in [0.15, 0.2) is 0 Å². The molecule has 2 amide bonds. The number of amides is 2. The minimum atomic E-state index is -0.0954. The highest BCUT2D eigenvalue weighted by Gasteiger charge is 2.30. The fourth-order valence-corrected chi connectivity index (χ4v) is 4.83. The van der Waals surface area contributed by atoms with E-state index in [2.05, 4.69) is 30.6 Å². The molecule has 150 valence electrons. The van der Waals surface area contributed by atoms with Gasteiger partial charge in [0.2, 0.25) is 11.8 Å². The van der Waals surface area contributed by atoms with Gasteiger partial charge < -0.3 is 10.2 Å². The van der Waals surface area contributed by atoms with Crippen LogP contribution in [0.4, 0.5) is 5.69 Å². The third-order valence-electron chi connectivity index (χ3n) is 5.29. The molecule has 1 aliphatic rings. The monoisotopic (exact) mass is 399 g/mol. The summed E-state index contributed by atoms with van der Waals surface area (Å²) in [5.74, 6) is -0.00466. The van der Waals surface area contributed by atoms with Crippen molar-refractivity contribution in [2.24, 2.45) is 0 Å². The highest BCUT2D eigenvalue weighted by Crippen LogP contribution is 2.35. The maximum atomic E-state index is 12.9. The zero-order valence-corrected chi connectivity index (χ0v) is 17.7. The van der Waals surface area contributed by atoms with Crippen LogP contribution < -0.4 is 5.32 Å². The Balaban J connectivity index is 1.56. The van der Waals surface area contributed by atoms with Crippen molar-refractivity contribution in [2.45, 2.75) is 39.2 Å². The summed E-state index contributed by atoms with van der Waals surface area (Å²) in [7, 11) is 1.82. The van der Waals surface area contributed by atoms with Crippen LogP contribution in [0.5, 0.6) is 0 Å². The number of thiophene rings is 1. The second kappa shape index (κ2) is 9.34. The molecule has 1 aromatic heterocycles. The number of benzene rings is 1. The largest absolute Gasteiger partial charge is 0.334 e. The molecule has 1 unspecified atom stereocenters. The summed E-state index contributed by atoms with van der Waals surface area (Å²) in [6.45, 7) is 5.39. The number of hydrogen-bond acceptors (Lipinski definition) is 4. The van der Waals surface area contributed by atoms with Gasteiger partial charge in [0, 0.05) is 17.1 Å². The first-order chi connectivity index (χ1) is 13.5. The van der Waals surface area contributed by atoms with Crippen molar-refractivity contribution in [1.29, 1.82) is 0 Å². The summed E-state index contributed by atoms with van der Waals surface area (Å²) >= 11 is 1.78. The highest BCUT2D eigenvalue weighted by atomic mass is 32.1. The van der Waals surface area contributed by atoms with E-state index in [1.54, 1.807) is 16.2 Å². The van der Waals surface area contributed by atoms with Gasteiger partial charge >= 0.3 is 0 Å². The normalized spacial score (nSPS) is 16.1. The Morgan fingerprint density at radius 1 is 1.21 bits per heavy atom. The van der Waals surface area contributed by atoms with E-state index in [0.29, 0.717) is 0 Å². The molecule has 1 atom stereocenters. The maximum Gasteiger partial charge on any atom is 0.238 e. The Bertz CT molecular complexity index is 833. The van der Waals surface area contributed by atoms with Crippen molar-refractivity contribution in [1.82, 2.24) is 9.80 Å². The summed E-state index contributed by atoms with van der Waals surface area (Å²) in [6.07, 6.45) is 2.70. The van der Waals surface area contributed by atoms with Crippen LogP contribution in [-0.4, -0.2) is 48.3 Å². The quantitative estimate of drug-likeness (QED) is 0.772. The Labute approximate surface area is 171 Å². The number of nitrogens with one attached hydrogen (secondary N) is 1. The molecule has 28 heavy (non-hydrogen) atoms. The molecule has 0 spiro atoms. The molecule has 0 radical (unpaired) electrons. The molecule has 2 heterocycles. The van der Waals surface area contributed by atoms with Crippen molar-refractivity contribution < 1.29 is 9.59 Å². The number of nitrogens with zero attached hydrogens (tertiary/aromatic N) is 2. The molecule has 1 aromatic carbocycles. The van der Waals surface area contributed by atoms with E-state index in [1.165, 1.54) is 10.4 Å². The topological polar surface area (TPSA) is 52.7 Å². The number of hydrogen-bond donors (Lipinski definition) is 1. The maximum absolute atomic E-state index is 12.9. The average Bonchev–Trinajstić information content (AvgIpc) is 3.16. The van der Waals surface area contributed by atoms with Gasteiger partial charge in [0.1, 0.15) is 0 Å². The molecule has 0 bridgehead atoms. The van der Waals surface area contributed by atoms with E-state index in [0.717, 1.165) is 37.1 Å². The first kappa shape index (κ1) is 20.6. The molecule has 1 aliphatic heterocycles. The fraction of sp³-hybridized carbons (Fsp3) is 0.455. The SMILES string of the molecule is CCc1ccccc1NC(=O)CN(C)CC(=O)N1CCc2sccc2C1CC. The number of fused-ring (bicyclic) bond motifs is 1. The standard InChI is InChI=1S/C22H29N3O2S/c1-4-16-8-6-7-9-18(16)23-21(26)14-24(3)15-22(27)25-12-10-20-17(11-13-28-20)19(25)5-2/h6-9,11,13,19H,4-5,10,12,14-15H2,1-3H3,(H,23,26). The molecule has 0 aliphatic carbocycles. The number of aryl methyl sites for hydroxylation is 1. The number of para-hydroxylation sites is 1. The molecule has 2 aromatic rings. The lowest BCUT2D eigenvalue weighted by Gasteiger charge is -2.36. The summed E-state index contributed by atoms with van der Waals surface area (Å²) < 4.78 is 0.